The summed E-state index contributed by atoms with van der Waals surface area (Å²) in [4.78, 5) is 0. The van der Waals surface area contributed by atoms with Crippen molar-refractivity contribution < 1.29 is 0 Å². The van der Waals surface area contributed by atoms with Gasteiger partial charge in [-0.2, -0.15) is 0 Å². The van der Waals surface area contributed by atoms with Crippen LogP contribution in [-0.2, 0) is 0 Å². The zero-order valence-electron chi connectivity index (χ0n) is 18.6. The summed E-state index contributed by atoms with van der Waals surface area (Å²) in [6.07, 6.45) is 0. The van der Waals surface area contributed by atoms with Crippen LogP contribution in [0.25, 0.3) is 0 Å². The molecule has 0 spiro atoms. The number of rotatable bonds is 5. The molecule has 0 aliphatic heterocycles. The predicted molar refractivity (Wildman–Crippen MR) is 131 cm³/mol. The van der Waals surface area contributed by atoms with Crippen LogP contribution in [0.1, 0.15) is 41.5 Å². The fourth-order valence-electron chi connectivity index (χ4n) is 4.23. The highest BCUT2D eigenvalue weighted by Gasteiger charge is 2.34. The van der Waals surface area contributed by atoms with Crippen molar-refractivity contribution in [3.63, 3.8) is 0 Å². The minimum absolute atomic E-state index is 0.165. The lowest BCUT2D eigenvalue weighted by molar-refractivity contribution is 0.198. The Bertz CT molecular complexity index is 851. The Labute approximate surface area is 178 Å². The van der Waals surface area contributed by atoms with E-state index in [2.05, 4.69) is 132 Å². The van der Waals surface area contributed by atoms with E-state index in [4.69, 9.17) is 0 Å². The topological polar surface area (TPSA) is 12.0 Å². The van der Waals surface area contributed by atoms with Crippen LogP contribution in [0.3, 0.4) is 0 Å². The summed E-state index contributed by atoms with van der Waals surface area (Å²) in [6.45, 7) is 13.9. The minimum atomic E-state index is -0.583. The van der Waals surface area contributed by atoms with Gasteiger partial charge in [-0.3, -0.25) is 0 Å². The van der Waals surface area contributed by atoms with E-state index in [0.717, 1.165) is 0 Å². The summed E-state index contributed by atoms with van der Waals surface area (Å²) in [5.41, 5.74) is 1.53. The average Bonchev–Trinajstić information content (AvgIpc) is 2.67. The summed E-state index contributed by atoms with van der Waals surface area (Å²) in [6, 6.07) is 31.2. The van der Waals surface area contributed by atoms with Crippen LogP contribution < -0.4 is 21.2 Å². The van der Waals surface area contributed by atoms with Crippen LogP contribution in [0.4, 0.5) is 5.69 Å². The zero-order valence-corrected chi connectivity index (χ0v) is 19.5. The molecular formula is C27H34NP. The molecule has 0 aliphatic carbocycles. The first-order valence-electron chi connectivity index (χ1n) is 10.4. The Hall–Kier alpha value is -2.11. The van der Waals surface area contributed by atoms with Gasteiger partial charge in [0.25, 0.3) is 0 Å². The van der Waals surface area contributed by atoms with Crippen molar-refractivity contribution in [3.05, 3.63) is 84.9 Å². The molecule has 3 aromatic carbocycles. The van der Waals surface area contributed by atoms with Crippen molar-refractivity contribution in [1.29, 1.82) is 0 Å². The molecule has 0 radical (unpaired) electrons. The minimum Gasteiger partial charge on any atom is -0.381 e. The lowest BCUT2D eigenvalue weighted by atomic mass is 9.72. The lowest BCUT2D eigenvalue weighted by Crippen LogP contribution is -2.44. The fraction of sp³-hybridized carbons (Fsp3) is 0.333. The Kier molecular flexibility index (Phi) is 6.49. The van der Waals surface area contributed by atoms with Gasteiger partial charge in [0, 0.05) is 11.7 Å². The maximum atomic E-state index is 3.87. The van der Waals surface area contributed by atoms with E-state index in [1.54, 1.807) is 0 Å². The lowest BCUT2D eigenvalue weighted by Gasteiger charge is -2.42. The molecule has 0 bridgehead atoms. The van der Waals surface area contributed by atoms with Gasteiger partial charge in [-0.15, -0.1) is 0 Å². The molecule has 0 heterocycles. The molecule has 1 N–H and O–H groups in total. The van der Waals surface area contributed by atoms with Crippen molar-refractivity contribution in [2.24, 2.45) is 10.8 Å². The quantitative estimate of drug-likeness (QED) is 0.492. The molecule has 0 amide bonds. The van der Waals surface area contributed by atoms with Crippen molar-refractivity contribution in [3.8, 4) is 0 Å². The molecule has 3 rings (SSSR count). The number of hydrogen-bond acceptors (Lipinski definition) is 1. The SMILES string of the molecule is CC(C)(C)C(Nc1cccc(P(c2ccccc2)c2ccccc2)c1)C(C)(C)C. The van der Waals surface area contributed by atoms with E-state index >= 15 is 0 Å². The number of benzene rings is 3. The van der Waals surface area contributed by atoms with Gasteiger partial charge in [0.05, 0.1) is 0 Å². The maximum absolute atomic E-state index is 3.87. The summed E-state index contributed by atoms with van der Waals surface area (Å²) >= 11 is 0. The summed E-state index contributed by atoms with van der Waals surface area (Å²) in [5.74, 6) is 0. The second kappa shape index (κ2) is 8.72. The van der Waals surface area contributed by atoms with Gasteiger partial charge in [-0.1, -0.05) is 114 Å². The van der Waals surface area contributed by atoms with E-state index < -0.39 is 7.92 Å². The maximum Gasteiger partial charge on any atom is 0.0357 e. The predicted octanol–water partition coefficient (Wildman–Crippen LogP) is 6.32. The first kappa shape index (κ1) is 21.6. The van der Waals surface area contributed by atoms with Crippen LogP contribution in [-0.4, -0.2) is 6.04 Å². The summed E-state index contributed by atoms with van der Waals surface area (Å²) in [5, 5.41) is 8.01. The van der Waals surface area contributed by atoms with Gasteiger partial charge in [0.2, 0.25) is 0 Å². The largest absolute Gasteiger partial charge is 0.381 e. The Morgan fingerprint density at radius 3 is 1.48 bits per heavy atom. The second-order valence-corrected chi connectivity index (χ2v) is 12.1. The van der Waals surface area contributed by atoms with Crippen LogP contribution in [0.15, 0.2) is 84.9 Å². The highest BCUT2D eigenvalue weighted by atomic mass is 31.1. The highest BCUT2D eigenvalue weighted by molar-refractivity contribution is 7.79. The van der Waals surface area contributed by atoms with Gasteiger partial charge >= 0.3 is 0 Å². The van der Waals surface area contributed by atoms with E-state index in [1.807, 2.05) is 0 Å². The first-order valence-corrected chi connectivity index (χ1v) is 11.8. The Morgan fingerprint density at radius 2 is 1.03 bits per heavy atom. The van der Waals surface area contributed by atoms with Crippen molar-refractivity contribution >= 4 is 29.5 Å². The van der Waals surface area contributed by atoms with Gasteiger partial charge in [-0.25, -0.2) is 0 Å². The van der Waals surface area contributed by atoms with E-state index in [-0.39, 0.29) is 10.8 Å². The van der Waals surface area contributed by atoms with Crippen LogP contribution in [0.5, 0.6) is 0 Å². The van der Waals surface area contributed by atoms with Crippen LogP contribution in [0, 0.1) is 10.8 Å². The standard InChI is InChI=1S/C27H34NP/c1-26(2,3)25(27(4,5)6)28-21-14-13-19-24(20-21)29(22-15-9-7-10-16-22)23-17-11-8-12-18-23/h7-20,25,28H,1-6H3. The molecule has 3 aromatic rings. The first-order chi connectivity index (χ1) is 13.7. The molecule has 29 heavy (non-hydrogen) atoms. The van der Waals surface area contributed by atoms with Gasteiger partial charge in [0.1, 0.15) is 0 Å². The molecule has 0 aliphatic rings. The molecular weight excluding hydrogens is 369 g/mol. The van der Waals surface area contributed by atoms with Gasteiger partial charge < -0.3 is 5.32 Å². The van der Waals surface area contributed by atoms with Crippen LogP contribution >= 0.6 is 7.92 Å². The average molecular weight is 404 g/mol. The van der Waals surface area contributed by atoms with E-state index in [1.165, 1.54) is 21.6 Å². The summed E-state index contributed by atoms with van der Waals surface area (Å²) < 4.78 is 0. The van der Waals surface area contributed by atoms with Gasteiger partial charge in [0.15, 0.2) is 0 Å². The number of hydrogen-bond donors (Lipinski definition) is 1. The molecule has 0 unspecified atom stereocenters. The van der Waals surface area contributed by atoms with Crippen molar-refractivity contribution in [2.75, 3.05) is 5.32 Å². The molecule has 0 saturated carbocycles. The molecule has 0 fully saturated rings. The molecule has 152 valence electrons. The fourth-order valence-corrected chi connectivity index (χ4v) is 6.57. The third-order valence-electron chi connectivity index (χ3n) is 5.18. The zero-order chi connectivity index (χ0) is 21.1. The monoisotopic (exact) mass is 403 g/mol. The van der Waals surface area contributed by atoms with Gasteiger partial charge in [-0.05, 0) is 46.8 Å². The molecule has 2 heteroatoms. The number of anilines is 1. The van der Waals surface area contributed by atoms with Crippen molar-refractivity contribution in [1.82, 2.24) is 0 Å². The normalized spacial score (nSPS) is 12.4. The van der Waals surface area contributed by atoms with E-state index in [0.29, 0.717) is 6.04 Å². The Morgan fingerprint density at radius 1 is 0.586 bits per heavy atom. The van der Waals surface area contributed by atoms with Crippen LogP contribution in [0.2, 0.25) is 0 Å². The number of nitrogens with one attached hydrogen (secondary N) is 1. The molecule has 0 atom stereocenters. The Balaban J connectivity index is 2.01. The highest BCUT2D eigenvalue weighted by Crippen LogP contribution is 2.37. The van der Waals surface area contributed by atoms with Crippen molar-refractivity contribution in [2.45, 2.75) is 47.6 Å². The summed E-state index contributed by atoms with van der Waals surface area (Å²) in [7, 11) is -0.583. The third-order valence-corrected chi connectivity index (χ3v) is 7.60. The molecule has 1 nitrogen and oxygen atoms in total. The molecule has 0 aromatic heterocycles. The molecule has 0 saturated heterocycles. The smallest absolute Gasteiger partial charge is 0.0357 e. The van der Waals surface area contributed by atoms with E-state index in [9.17, 15) is 0 Å². The second-order valence-electron chi connectivity index (χ2n) is 9.87. The third kappa shape index (κ3) is 5.49.